The highest BCUT2D eigenvalue weighted by Crippen LogP contribution is 2.29. The molecule has 0 fully saturated rings. The van der Waals surface area contributed by atoms with Gasteiger partial charge in [0, 0.05) is 29.7 Å². The summed E-state index contributed by atoms with van der Waals surface area (Å²) < 4.78 is 5.40. The summed E-state index contributed by atoms with van der Waals surface area (Å²) in [7, 11) is 3.38. The van der Waals surface area contributed by atoms with Gasteiger partial charge in [-0.3, -0.25) is 4.79 Å². The molecule has 0 saturated carbocycles. The van der Waals surface area contributed by atoms with Crippen molar-refractivity contribution in [1.82, 2.24) is 10.6 Å². The third-order valence-corrected chi connectivity index (χ3v) is 6.08. The molecule has 0 radical (unpaired) electrons. The van der Waals surface area contributed by atoms with E-state index >= 15 is 0 Å². The Morgan fingerprint density at radius 2 is 1.85 bits per heavy atom. The van der Waals surface area contributed by atoms with Gasteiger partial charge in [-0.25, -0.2) is 4.99 Å². The van der Waals surface area contributed by atoms with Gasteiger partial charge in [0.15, 0.2) is 5.11 Å². The summed E-state index contributed by atoms with van der Waals surface area (Å²) in [6.45, 7) is 0.577. The second-order valence-electron chi connectivity index (χ2n) is 7.77. The van der Waals surface area contributed by atoms with Gasteiger partial charge in [-0.05, 0) is 48.5 Å². The van der Waals surface area contributed by atoms with Gasteiger partial charge in [0.1, 0.15) is 5.75 Å². The fourth-order valence-electron chi connectivity index (χ4n) is 3.86. The number of likely N-dealkylation sites (N-methyl/N-ethyl adjacent to an activating group) is 1. The van der Waals surface area contributed by atoms with Gasteiger partial charge < -0.3 is 20.3 Å². The Morgan fingerprint density at radius 1 is 1.12 bits per heavy atom. The van der Waals surface area contributed by atoms with E-state index < -0.39 is 6.17 Å². The molecule has 1 heterocycles. The molecular formula is C26H25ClN4O2S. The standard InChI is InChI=1S/C26H25ClN4O2S/c1-31-21-13-12-19(27)16-20(21)23(18-9-4-3-5-10-18)29-24(25(31)32)30-26(34)28-15-14-17-8-6-7-11-22(17)33-2/h3-13,16,24H,14-15H2,1-2H3,(H2,28,30,34). The summed E-state index contributed by atoms with van der Waals surface area (Å²) in [6.07, 6.45) is -0.176. The second-order valence-corrected chi connectivity index (χ2v) is 8.61. The van der Waals surface area contributed by atoms with Crippen LogP contribution in [0.4, 0.5) is 5.69 Å². The third kappa shape index (κ3) is 5.21. The quantitative estimate of drug-likeness (QED) is 0.505. The highest BCUT2D eigenvalue weighted by Gasteiger charge is 2.30. The van der Waals surface area contributed by atoms with Crippen molar-refractivity contribution in [2.75, 3.05) is 25.6 Å². The lowest BCUT2D eigenvalue weighted by molar-refractivity contribution is -0.119. The molecular weight excluding hydrogens is 468 g/mol. The van der Waals surface area contributed by atoms with E-state index in [0.717, 1.165) is 28.1 Å². The fraction of sp³-hybridized carbons (Fsp3) is 0.192. The first-order chi connectivity index (χ1) is 16.5. The van der Waals surface area contributed by atoms with Crippen LogP contribution in [0.25, 0.3) is 0 Å². The molecule has 1 unspecified atom stereocenters. The highest BCUT2D eigenvalue weighted by molar-refractivity contribution is 7.80. The van der Waals surface area contributed by atoms with Gasteiger partial charge >= 0.3 is 0 Å². The predicted molar refractivity (Wildman–Crippen MR) is 141 cm³/mol. The first-order valence-corrected chi connectivity index (χ1v) is 11.6. The molecule has 174 valence electrons. The monoisotopic (exact) mass is 492 g/mol. The van der Waals surface area contributed by atoms with Gasteiger partial charge in [0.05, 0.1) is 18.5 Å². The minimum atomic E-state index is -0.891. The molecule has 0 aromatic heterocycles. The van der Waals surface area contributed by atoms with E-state index in [0.29, 0.717) is 28.8 Å². The molecule has 0 spiro atoms. The van der Waals surface area contributed by atoms with E-state index in [9.17, 15) is 4.79 Å². The zero-order valence-electron chi connectivity index (χ0n) is 18.9. The Morgan fingerprint density at radius 3 is 2.62 bits per heavy atom. The number of amides is 1. The number of ether oxygens (including phenoxy) is 1. The number of benzodiazepines with no additional fused rings is 1. The van der Waals surface area contributed by atoms with Crippen LogP contribution < -0.4 is 20.3 Å². The Balaban J connectivity index is 1.55. The highest BCUT2D eigenvalue weighted by atomic mass is 35.5. The number of para-hydroxylation sites is 1. The first-order valence-electron chi connectivity index (χ1n) is 10.8. The number of hydrogen-bond donors (Lipinski definition) is 2. The van der Waals surface area contributed by atoms with E-state index in [-0.39, 0.29) is 5.91 Å². The third-order valence-electron chi connectivity index (χ3n) is 5.59. The van der Waals surface area contributed by atoms with Crippen LogP contribution in [0.1, 0.15) is 16.7 Å². The van der Waals surface area contributed by atoms with Gasteiger partial charge in [-0.15, -0.1) is 0 Å². The lowest BCUT2D eigenvalue weighted by Gasteiger charge is -2.22. The summed E-state index contributed by atoms with van der Waals surface area (Å²) in [5.41, 5.74) is 4.15. The zero-order valence-corrected chi connectivity index (χ0v) is 20.5. The number of aliphatic imine (C=N–C) groups is 1. The van der Waals surface area contributed by atoms with Crippen LogP contribution in [0.3, 0.4) is 0 Å². The average Bonchev–Trinajstić information content (AvgIpc) is 2.95. The Bertz CT molecular complexity index is 1230. The van der Waals surface area contributed by atoms with Crippen molar-refractivity contribution in [2.45, 2.75) is 12.6 Å². The minimum Gasteiger partial charge on any atom is -0.496 e. The van der Waals surface area contributed by atoms with Crippen LogP contribution in [-0.2, 0) is 11.2 Å². The lowest BCUT2D eigenvalue weighted by atomic mass is 10.0. The number of rotatable bonds is 6. The van der Waals surface area contributed by atoms with E-state index in [1.54, 1.807) is 25.1 Å². The molecule has 34 heavy (non-hydrogen) atoms. The van der Waals surface area contributed by atoms with Crippen molar-refractivity contribution in [1.29, 1.82) is 0 Å². The largest absolute Gasteiger partial charge is 0.496 e. The number of thiocarbonyl (C=S) groups is 1. The van der Waals surface area contributed by atoms with E-state index in [1.807, 2.05) is 66.7 Å². The summed E-state index contributed by atoms with van der Waals surface area (Å²) in [5.74, 6) is 0.612. The SMILES string of the molecule is COc1ccccc1CCNC(=S)NC1N=C(c2ccccc2)c2cc(Cl)ccc2N(C)C1=O. The van der Waals surface area contributed by atoms with E-state index in [1.165, 1.54) is 0 Å². The molecule has 4 rings (SSSR count). The summed E-state index contributed by atoms with van der Waals surface area (Å²) in [4.78, 5) is 19.7. The Kier molecular flexibility index (Phi) is 7.45. The maximum absolute atomic E-state index is 13.3. The fourth-order valence-corrected chi connectivity index (χ4v) is 4.25. The number of hydrogen-bond acceptors (Lipinski definition) is 4. The molecule has 1 aliphatic rings. The molecule has 0 saturated heterocycles. The van der Waals surface area contributed by atoms with Crippen molar-refractivity contribution in [2.24, 2.45) is 4.99 Å². The van der Waals surface area contributed by atoms with Crippen LogP contribution in [0.15, 0.2) is 77.8 Å². The van der Waals surface area contributed by atoms with Gasteiger partial charge in [0.25, 0.3) is 5.91 Å². The topological polar surface area (TPSA) is 66.0 Å². The van der Waals surface area contributed by atoms with E-state index in [2.05, 4.69) is 10.6 Å². The summed E-state index contributed by atoms with van der Waals surface area (Å²) >= 11 is 11.8. The van der Waals surface area contributed by atoms with Crippen LogP contribution in [-0.4, -0.2) is 43.6 Å². The molecule has 6 nitrogen and oxygen atoms in total. The smallest absolute Gasteiger partial charge is 0.272 e. The Labute approximate surface area is 209 Å². The maximum atomic E-state index is 13.3. The number of anilines is 1. The molecule has 1 aliphatic heterocycles. The molecule has 3 aromatic rings. The first kappa shape index (κ1) is 23.7. The van der Waals surface area contributed by atoms with Gasteiger partial charge in [-0.1, -0.05) is 60.1 Å². The normalized spacial score (nSPS) is 15.1. The van der Waals surface area contributed by atoms with Crippen LogP contribution >= 0.6 is 23.8 Å². The van der Waals surface area contributed by atoms with Crippen LogP contribution in [0.5, 0.6) is 5.75 Å². The van der Waals surface area contributed by atoms with Crippen molar-refractivity contribution in [3.8, 4) is 5.75 Å². The van der Waals surface area contributed by atoms with Crippen molar-refractivity contribution in [3.63, 3.8) is 0 Å². The second kappa shape index (κ2) is 10.7. The number of carbonyl (C=O) groups is 1. The van der Waals surface area contributed by atoms with Crippen LogP contribution in [0.2, 0.25) is 5.02 Å². The molecule has 0 bridgehead atoms. The number of methoxy groups -OCH3 is 1. The summed E-state index contributed by atoms with van der Waals surface area (Å²) in [5, 5.41) is 7.18. The average molecular weight is 493 g/mol. The maximum Gasteiger partial charge on any atom is 0.272 e. The van der Waals surface area contributed by atoms with Crippen LogP contribution in [0, 0.1) is 0 Å². The van der Waals surface area contributed by atoms with Crippen molar-refractivity contribution < 1.29 is 9.53 Å². The van der Waals surface area contributed by atoms with Crippen molar-refractivity contribution in [3.05, 3.63) is 94.5 Å². The molecule has 1 amide bonds. The minimum absolute atomic E-state index is 0.219. The molecule has 3 aromatic carbocycles. The number of carbonyl (C=O) groups excluding carboxylic acids is 1. The zero-order chi connectivity index (χ0) is 24.1. The molecule has 8 heteroatoms. The van der Waals surface area contributed by atoms with E-state index in [4.69, 9.17) is 33.5 Å². The summed E-state index contributed by atoms with van der Waals surface area (Å²) in [6, 6.07) is 23.0. The Hall–Kier alpha value is -3.42. The molecule has 0 aliphatic carbocycles. The van der Waals surface area contributed by atoms with Gasteiger partial charge in [0.2, 0.25) is 6.17 Å². The van der Waals surface area contributed by atoms with Crippen molar-refractivity contribution >= 4 is 46.2 Å². The number of nitrogens with one attached hydrogen (secondary N) is 2. The lowest BCUT2D eigenvalue weighted by Crippen LogP contribution is -2.49. The molecule has 2 N–H and O–H groups in total. The number of nitrogens with zero attached hydrogens (tertiary/aromatic N) is 2. The number of halogens is 1. The number of benzene rings is 3. The number of fused-ring (bicyclic) bond motifs is 1. The predicted octanol–water partition coefficient (Wildman–Crippen LogP) is 4.20. The molecule has 1 atom stereocenters. The van der Waals surface area contributed by atoms with Gasteiger partial charge in [-0.2, -0.15) is 0 Å².